The van der Waals surface area contributed by atoms with Crippen LogP contribution < -0.4 is 10.6 Å². The second kappa shape index (κ2) is 6.64. The van der Waals surface area contributed by atoms with Crippen LogP contribution in [0.15, 0.2) is 36.8 Å². The maximum atomic E-state index is 4.23. The van der Waals surface area contributed by atoms with Crippen LogP contribution in [0.4, 0.5) is 11.5 Å². The Labute approximate surface area is 107 Å². The van der Waals surface area contributed by atoms with Crippen molar-refractivity contribution in [2.24, 2.45) is 0 Å². The van der Waals surface area contributed by atoms with Crippen LogP contribution in [0, 0.1) is 0 Å². The molecular formula is C13H19N5. The molecule has 2 N–H and O–H groups in total. The van der Waals surface area contributed by atoms with Crippen molar-refractivity contribution < 1.29 is 0 Å². The number of nitrogens with zero attached hydrogens (tertiary/aromatic N) is 3. The molecule has 0 aliphatic carbocycles. The normalized spacial score (nSPS) is 10.3. The topological polar surface area (TPSA) is 54.8 Å². The molecule has 18 heavy (non-hydrogen) atoms. The number of aromatic nitrogens is 3. The molecule has 0 saturated heterocycles. The smallest absolute Gasteiger partial charge is 0.127 e. The highest BCUT2D eigenvalue weighted by Gasteiger charge is 1.96. The summed E-state index contributed by atoms with van der Waals surface area (Å²) in [6, 6.07) is 5.95. The van der Waals surface area contributed by atoms with Gasteiger partial charge in [0.1, 0.15) is 5.82 Å². The Morgan fingerprint density at radius 3 is 3.00 bits per heavy atom. The lowest BCUT2D eigenvalue weighted by Gasteiger charge is -2.08. The lowest BCUT2D eigenvalue weighted by Crippen LogP contribution is -2.07. The molecule has 0 aliphatic rings. The molecular weight excluding hydrogens is 226 g/mol. The van der Waals surface area contributed by atoms with Crippen molar-refractivity contribution in [3.8, 4) is 0 Å². The van der Waals surface area contributed by atoms with Crippen LogP contribution in [-0.4, -0.2) is 27.9 Å². The van der Waals surface area contributed by atoms with E-state index >= 15 is 0 Å². The zero-order valence-corrected chi connectivity index (χ0v) is 10.6. The largest absolute Gasteiger partial charge is 0.385 e. The van der Waals surface area contributed by atoms with Gasteiger partial charge in [-0.25, -0.2) is 4.98 Å². The third-order valence-corrected chi connectivity index (χ3v) is 2.57. The molecule has 2 heterocycles. The fourth-order valence-corrected chi connectivity index (χ4v) is 1.72. The van der Waals surface area contributed by atoms with Gasteiger partial charge in [0.05, 0.1) is 0 Å². The summed E-state index contributed by atoms with van der Waals surface area (Å²) in [5.74, 6) is 0.912. The summed E-state index contributed by atoms with van der Waals surface area (Å²) in [7, 11) is 0. The minimum atomic E-state index is 0.885. The zero-order valence-electron chi connectivity index (χ0n) is 10.6. The van der Waals surface area contributed by atoms with Gasteiger partial charge in [-0.05, 0) is 25.5 Å². The first-order chi connectivity index (χ1) is 8.88. The summed E-state index contributed by atoms with van der Waals surface area (Å²) in [6.45, 7) is 4.81. The Kier molecular flexibility index (Phi) is 4.58. The van der Waals surface area contributed by atoms with Gasteiger partial charge in [0.15, 0.2) is 0 Å². The van der Waals surface area contributed by atoms with E-state index in [4.69, 9.17) is 0 Å². The Balaban J connectivity index is 1.74. The monoisotopic (exact) mass is 245 g/mol. The molecule has 2 rings (SSSR count). The van der Waals surface area contributed by atoms with Crippen molar-refractivity contribution in [2.45, 2.75) is 19.9 Å². The van der Waals surface area contributed by atoms with Gasteiger partial charge in [-0.3, -0.25) is 4.68 Å². The Morgan fingerprint density at radius 2 is 2.22 bits per heavy atom. The van der Waals surface area contributed by atoms with E-state index in [0.717, 1.165) is 37.6 Å². The van der Waals surface area contributed by atoms with Crippen molar-refractivity contribution in [1.29, 1.82) is 0 Å². The fourth-order valence-electron chi connectivity index (χ4n) is 1.72. The summed E-state index contributed by atoms with van der Waals surface area (Å²) in [4.78, 5) is 4.23. The molecule has 0 unspecified atom stereocenters. The number of rotatable bonds is 7. The van der Waals surface area contributed by atoms with E-state index < -0.39 is 0 Å². The average Bonchev–Trinajstić information content (AvgIpc) is 2.89. The first-order valence-corrected chi connectivity index (χ1v) is 6.29. The van der Waals surface area contributed by atoms with Crippen LogP contribution in [0.2, 0.25) is 0 Å². The van der Waals surface area contributed by atoms with Gasteiger partial charge in [-0.2, -0.15) is 5.10 Å². The van der Waals surface area contributed by atoms with E-state index in [0.29, 0.717) is 0 Å². The molecule has 2 aromatic rings. The van der Waals surface area contributed by atoms with E-state index in [1.165, 1.54) is 0 Å². The molecule has 0 radical (unpaired) electrons. The van der Waals surface area contributed by atoms with Gasteiger partial charge in [0.25, 0.3) is 0 Å². The van der Waals surface area contributed by atoms with Gasteiger partial charge < -0.3 is 10.6 Å². The second-order valence-electron chi connectivity index (χ2n) is 4.01. The van der Waals surface area contributed by atoms with Crippen LogP contribution in [-0.2, 0) is 6.54 Å². The highest BCUT2D eigenvalue weighted by Crippen LogP contribution is 2.11. The highest BCUT2D eigenvalue weighted by molar-refractivity contribution is 5.51. The molecule has 0 atom stereocenters. The van der Waals surface area contributed by atoms with Crippen LogP contribution in [0.5, 0.6) is 0 Å². The maximum absolute atomic E-state index is 4.23. The summed E-state index contributed by atoms with van der Waals surface area (Å²) < 4.78 is 1.94. The van der Waals surface area contributed by atoms with Crippen molar-refractivity contribution in [2.75, 3.05) is 23.7 Å². The fraction of sp³-hybridized carbons (Fsp3) is 0.385. The average molecular weight is 245 g/mol. The van der Waals surface area contributed by atoms with Gasteiger partial charge in [0, 0.05) is 50.0 Å². The van der Waals surface area contributed by atoms with E-state index in [1.54, 1.807) is 6.20 Å². The van der Waals surface area contributed by atoms with Crippen LogP contribution in [0.3, 0.4) is 0 Å². The summed E-state index contributed by atoms with van der Waals surface area (Å²) >= 11 is 0. The lowest BCUT2D eigenvalue weighted by atomic mass is 10.3. The second-order valence-corrected chi connectivity index (χ2v) is 4.01. The van der Waals surface area contributed by atoms with Crippen LogP contribution in [0.25, 0.3) is 0 Å². The minimum absolute atomic E-state index is 0.885. The predicted molar refractivity (Wildman–Crippen MR) is 73.7 cm³/mol. The molecule has 96 valence electrons. The van der Waals surface area contributed by atoms with Gasteiger partial charge in [-0.15, -0.1) is 0 Å². The maximum Gasteiger partial charge on any atom is 0.127 e. The van der Waals surface area contributed by atoms with Crippen molar-refractivity contribution in [1.82, 2.24) is 14.8 Å². The predicted octanol–water partition coefficient (Wildman–Crippen LogP) is 2.21. The van der Waals surface area contributed by atoms with E-state index in [2.05, 4.69) is 27.6 Å². The van der Waals surface area contributed by atoms with Crippen molar-refractivity contribution in [3.63, 3.8) is 0 Å². The summed E-state index contributed by atoms with van der Waals surface area (Å²) in [5.41, 5.74) is 1.10. The van der Waals surface area contributed by atoms with Crippen molar-refractivity contribution in [3.05, 3.63) is 36.8 Å². The molecule has 0 bridgehead atoms. The zero-order chi connectivity index (χ0) is 12.6. The number of pyridine rings is 1. The molecule has 2 aromatic heterocycles. The van der Waals surface area contributed by atoms with E-state index in [-0.39, 0.29) is 0 Å². The first kappa shape index (κ1) is 12.4. The molecule has 0 aliphatic heterocycles. The van der Waals surface area contributed by atoms with Crippen LogP contribution >= 0.6 is 0 Å². The number of nitrogens with one attached hydrogen (secondary N) is 2. The van der Waals surface area contributed by atoms with Gasteiger partial charge in [0.2, 0.25) is 0 Å². The molecule has 0 aromatic carbocycles. The lowest BCUT2D eigenvalue weighted by molar-refractivity contribution is 0.592. The third kappa shape index (κ3) is 3.76. The molecule has 0 saturated carbocycles. The number of anilines is 2. The molecule has 5 heteroatoms. The highest BCUT2D eigenvalue weighted by atomic mass is 15.3. The van der Waals surface area contributed by atoms with Gasteiger partial charge >= 0.3 is 0 Å². The quantitative estimate of drug-likeness (QED) is 0.734. The SMILES string of the molecule is CCNc1cc(NCCCn2cccn2)ccn1. The molecule has 5 nitrogen and oxygen atoms in total. The van der Waals surface area contributed by atoms with E-state index in [1.807, 2.05) is 35.3 Å². The standard InChI is InChI=1S/C13H19N5/c1-2-14-13-11-12(5-8-16-13)15-6-3-9-18-10-4-7-17-18/h4-5,7-8,10-11H,2-3,6,9H2,1H3,(H2,14,15,16). The molecule has 0 spiro atoms. The van der Waals surface area contributed by atoms with Crippen LogP contribution in [0.1, 0.15) is 13.3 Å². The molecule has 0 amide bonds. The number of aryl methyl sites for hydroxylation is 1. The Morgan fingerprint density at radius 1 is 1.28 bits per heavy atom. The number of hydrogen-bond acceptors (Lipinski definition) is 4. The Bertz CT molecular complexity index is 452. The third-order valence-electron chi connectivity index (χ3n) is 2.57. The van der Waals surface area contributed by atoms with Crippen molar-refractivity contribution >= 4 is 11.5 Å². The van der Waals surface area contributed by atoms with Gasteiger partial charge in [-0.1, -0.05) is 0 Å². The number of hydrogen-bond donors (Lipinski definition) is 2. The Hall–Kier alpha value is -2.04. The minimum Gasteiger partial charge on any atom is -0.385 e. The first-order valence-electron chi connectivity index (χ1n) is 6.29. The summed E-state index contributed by atoms with van der Waals surface area (Å²) in [5, 5.41) is 10.7. The molecule has 0 fully saturated rings. The summed E-state index contributed by atoms with van der Waals surface area (Å²) in [6.07, 6.45) is 6.64. The van der Waals surface area contributed by atoms with E-state index in [9.17, 15) is 0 Å².